The van der Waals surface area contributed by atoms with Gasteiger partial charge in [0.15, 0.2) is 0 Å². The third-order valence-electron chi connectivity index (χ3n) is 3.74. The summed E-state index contributed by atoms with van der Waals surface area (Å²) in [6.45, 7) is 5.78. The minimum absolute atomic E-state index is 0.162. The van der Waals surface area contributed by atoms with Crippen LogP contribution in [-0.2, 0) is 0 Å². The monoisotopic (exact) mass is 297 g/mol. The molecule has 94 valence electrons. The van der Waals surface area contributed by atoms with Crippen LogP contribution in [0.25, 0.3) is 0 Å². The molecule has 2 rings (SSSR count). The first-order chi connectivity index (χ1) is 8.04. The predicted molar refractivity (Wildman–Crippen MR) is 75.4 cm³/mol. The van der Waals surface area contributed by atoms with Crippen molar-refractivity contribution in [3.05, 3.63) is 28.7 Å². The molecule has 0 aliphatic carbocycles. The zero-order valence-corrected chi connectivity index (χ0v) is 12.1. The molecule has 2 nitrogen and oxygen atoms in total. The van der Waals surface area contributed by atoms with Crippen molar-refractivity contribution in [3.8, 4) is 0 Å². The van der Waals surface area contributed by atoms with Crippen LogP contribution in [-0.4, -0.2) is 23.8 Å². The second-order valence-electron chi connectivity index (χ2n) is 5.46. The molecular formula is C14H20BrNO. The summed E-state index contributed by atoms with van der Waals surface area (Å²) in [7, 11) is 0. The van der Waals surface area contributed by atoms with Gasteiger partial charge in [-0.1, -0.05) is 12.1 Å². The molecule has 1 saturated heterocycles. The number of hydrogen-bond donors (Lipinski definition) is 1. The highest BCUT2D eigenvalue weighted by Gasteiger charge is 2.34. The molecule has 1 N–H and O–H groups in total. The summed E-state index contributed by atoms with van der Waals surface area (Å²) in [5.41, 5.74) is 1.39. The van der Waals surface area contributed by atoms with E-state index in [9.17, 15) is 5.11 Å². The van der Waals surface area contributed by atoms with Crippen molar-refractivity contribution in [2.45, 2.75) is 32.2 Å². The van der Waals surface area contributed by atoms with E-state index in [1.807, 2.05) is 6.07 Å². The Morgan fingerprint density at radius 1 is 1.41 bits per heavy atom. The number of aliphatic hydroxyl groups excluding tert-OH is 1. The van der Waals surface area contributed by atoms with Crippen molar-refractivity contribution < 1.29 is 5.11 Å². The maximum Gasteiger partial charge on any atom is 0.0515 e. The van der Waals surface area contributed by atoms with E-state index in [0.29, 0.717) is 5.92 Å². The smallest absolute Gasteiger partial charge is 0.0515 e. The third kappa shape index (κ3) is 2.66. The topological polar surface area (TPSA) is 23.5 Å². The van der Waals surface area contributed by atoms with E-state index in [0.717, 1.165) is 23.9 Å². The van der Waals surface area contributed by atoms with Gasteiger partial charge < -0.3 is 10.0 Å². The number of anilines is 1. The average molecular weight is 298 g/mol. The Bertz CT molecular complexity index is 392. The van der Waals surface area contributed by atoms with Gasteiger partial charge in [0.2, 0.25) is 0 Å². The van der Waals surface area contributed by atoms with Crippen LogP contribution in [0.1, 0.15) is 26.7 Å². The zero-order valence-electron chi connectivity index (χ0n) is 10.5. The van der Waals surface area contributed by atoms with Gasteiger partial charge in [-0.15, -0.1) is 0 Å². The number of rotatable bonds is 2. The molecule has 0 radical (unpaired) electrons. The Morgan fingerprint density at radius 3 is 2.76 bits per heavy atom. The quantitative estimate of drug-likeness (QED) is 0.904. The number of halogens is 1. The van der Waals surface area contributed by atoms with Crippen molar-refractivity contribution in [1.82, 2.24) is 0 Å². The van der Waals surface area contributed by atoms with Crippen LogP contribution in [0.3, 0.4) is 0 Å². The summed E-state index contributed by atoms with van der Waals surface area (Å²) in [5, 5.41) is 9.36. The van der Waals surface area contributed by atoms with E-state index in [1.165, 1.54) is 5.69 Å². The number of para-hydroxylation sites is 1. The second kappa shape index (κ2) is 4.99. The van der Waals surface area contributed by atoms with E-state index in [4.69, 9.17) is 0 Å². The number of piperidine rings is 1. The van der Waals surface area contributed by atoms with Gasteiger partial charge in [-0.2, -0.15) is 0 Å². The minimum Gasteiger partial charge on any atom is -0.396 e. The van der Waals surface area contributed by atoms with Crippen LogP contribution in [0.2, 0.25) is 0 Å². The summed E-state index contributed by atoms with van der Waals surface area (Å²) in [6.07, 6.45) is 2.24. The van der Waals surface area contributed by atoms with Crippen LogP contribution in [0.4, 0.5) is 5.69 Å². The molecule has 1 heterocycles. The van der Waals surface area contributed by atoms with Gasteiger partial charge in [-0.05, 0) is 60.7 Å². The van der Waals surface area contributed by atoms with Crippen LogP contribution >= 0.6 is 15.9 Å². The molecule has 1 fully saturated rings. The molecular weight excluding hydrogens is 278 g/mol. The molecule has 1 aliphatic heterocycles. The normalized spacial score (nSPS) is 23.8. The van der Waals surface area contributed by atoms with Gasteiger partial charge in [0.05, 0.1) is 5.69 Å². The summed E-state index contributed by atoms with van der Waals surface area (Å²) in [6, 6.07) is 8.33. The van der Waals surface area contributed by atoms with Gasteiger partial charge in [-0.25, -0.2) is 0 Å². The molecule has 0 bridgehead atoms. The molecule has 17 heavy (non-hydrogen) atoms. The molecule has 0 spiro atoms. The molecule has 1 atom stereocenters. The molecule has 1 aromatic rings. The highest BCUT2D eigenvalue weighted by Crippen LogP contribution is 2.37. The van der Waals surface area contributed by atoms with Crippen LogP contribution in [0.5, 0.6) is 0 Å². The van der Waals surface area contributed by atoms with E-state index >= 15 is 0 Å². The first kappa shape index (κ1) is 12.9. The SMILES string of the molecule is CC1(C)CCC(CO)CN1c1ccccc1Br. The Hall–Kier alpha value is -0.540. The lowest BCUT2D eigenvalue weighted by Crippen LogP contribution is -2.51. The predicted octanol–water partition coefficient (Wildman–Crippen LogP) is 3.44. The Labute approximate surface area is 112 Å². The van der Waals surface area contributed by atoms with Gasteiger partial charge in [-0.3, -0.25) is 0 Å². The van der Waals surface area contributed by atoms with E-state index < -0.39 is 0 Å². The number of nitrogens with zero attached hydrogens (tertiary/aromatic N) is 1. The summed E-state index contributed by atoms with van der Waals surface area (Å²) >= 11 is 3.62. The second-order valence-corrected chi connectivity index (χ2v) is 6.32. The zero-order chi connectivity index (χ0) is 12.5. The number of benzene rings is 1. The van der Waals surface area contributed by atoms with E-state index in [1.54, 1.807) is 0 Å². The molecule has 1 unspecified atom stereocenters. The fourth-order valence-corrected chi connectivity index (χ4v) is 3.03. The molecule has 3 heteroatoms. The maximum atomic E-state index is 9.36. The largest absolute Gasteiger partial charge is 0.396 e. The minimum atomic E-state index is 0.162. The molecule has 1 aliphatic rings. The lowest BCUT2D eigenvalue weighted by atomic mass is 9.84. The van der Waals surface area contributed by atoms with Gasteiger partial charge >= 0.3 is 0 Å². The average Bonchev–Trinajstić information content (AvgIpc) is 2.30. The Kier molecular flexibility index (Phi) is 3.79. The Balaban J connectivity index is 2.30. The lowest BCUT2D eigenvalue weighted by Gasteiger charge is -2.47. The third-order valence-corrected chi connectivity index (χ3v) is 4.41. The van der Waals surface area contributed by atoms with Gasteiger partial charge in [0.1, 0.15) is 0 Å². The van der Waals surface area contributed by atoms with Crippen molar-refractivity contribution in [2.75, 3.05) is 18.1 Å². The fourth-order valence-electron chi connectivity index (χ4n) is 2.53. The maximum absolute atomic E-state index is 9.36. The number of aliphatic hydroxyl groups is 1. The van der Waals surface area contributed by atoms with Crippen LogP contribution in [0, 0.1) is 5.92 Å². The Morgan fingerprint density at radius 2 is 2.12 bits per heavy atom. The van der Waals surface area contributed by atoms with E-state index in [2.05, 4.69) is 52.9 Å². The standard InChI is InChI=1S/C14H20BrNO/c1-14(2)8-7-11(10-17)9-16(14)13-6-4-3-5-12(13)15/h3-6,11,17H,7-10H2,1-2H3. The van der Waals surface area contributed by atoms with Crippen molar-refractivity contribution in [2.24, 2.45) is 5.92 Å². The van der Waals surface area contributed by atoms with Crippen molar-refractivity contribution in [1.29, 1.82) is 0 Å². The first-order valence-electron chi connectivity index (χ1n) is 6.17. The molecule has 0 saturated carbocycles. The summed E-state index contributed by atoms with van der Waals surface area (Å²) < 4.78 is 1.13. The molecule has 1 aromatic carbocycles. The highest BCUT2D eigenvalue weighted by atomic mass is 79.9. The van der Waals surface area contributed by atoms with Gasteiger partial charge in [0.25, 0.3) is 0 Å². The van der Waals surface area contributed by atoms with Crippen LogP contribution in [0.15, 0.2) is 28.7 Å². The summed E-state index contributed by atoms with van der Waals surface area (Å²) in [5.74, 6) is 0.398. The highest BCUT2D eigenvalue weighted by molar-refractivity contribution is 9.10. The first-order valence-corrected chi connectivity index (χ1v) is 6.97. The van der Waals surface area contributed by atoms with Gasteiger partial charge in [0, 0.05) is 23.2 Å². The molecule has 0 amide bonds. The molecule has 0 aromatic heterocycles. The number of hydrogen-bond acceptors (Lipinski definition) is 2. The van der Waals surface area contributed by atoms with Crippen molar-refractivity contribution >= 4 is 21.6 Å². The lowest BCUT2D eigenvalue weighted by molar-refractivity contribution is 0.181. The summed E-state index contributed by atoms with van der Waals surface area (Å²) in [4.78, 5) is 2.42. The fraction of sp³-hybridized carbons (Fsp3) is 0.571. The van der Waals surface area contributed by atoms with E-state index in [-0.39, 0.29) is 12.1 Å². The van der Waals surface area contributed by atoms with Crippen LogP contribution < -0.4 is 4.90 Å². The van der Waals surface area contributed by atoms with Crippen molar-refractivity contribution in [3.63, 3.8) is 0 Å².